The molecule has 1 N–H and O–H groups in total. The predicted molar refractivity (Wildman–Crippen MR) is 69.6 cm³/mol. The first-order chi connectivity index (χ1) is 10.1. The first-order valence-corrected chi connectivity index (χ1v) is 6.02. The molecule has 0 saturated heterocycles. The van der Waals surface area contributed by atoms with E-state index in [9.17, 15) is 9.59 Å². The van der Waals surface area contributed by atoms with Gasteiger partial charge in [-0.2, -0.15) is 5.10 Å². The van der Waals surface area contributed by atoms with Crippen LogP contribution in [0, 0.1) is 6.92 Å². The van der Waals surface area contributed by atoms with Crippen LogP contribution in [0.5, 0.6) is 5.88 Å². The van der Waals surface area contributed by atoms with Crippen molar-refractivity contribution < 1.29 is 23.6 Å². The number of aromatic nitrogens is 3. The number of esters is 1. The molecule has 0 aromatic carbocycles. The SMILES string of the molecule is COC(=O)Cn1cc(NC(=O)COc2cc(C)on2)cn1. The van der Waals surface area contributed by atoms with Crippen molar-refractivity contribution in [3.05, 3.63) is 24.2 Å². The highest BCUT2D eigenvalue weighted by atomic mass is 16.5. The molecule has 0 aliphatic heterocycles. The fourth-order valence-corrected chi connectivity index (χ4v) is 1.46. The number of methoxy groups -OCH3 is 1. The second-order valence-electron chi connectivity index (χ2n) is 4.12. The van der Waals surface area contributed by atoms with Crippen molar-refractivity contribution in [2.45, 2.75) is 13.5 Å². The molecule has 112 valence electrons. The molecule has 2 heterocycles. The Labute approximate surface area is 119 Å². The number of hydrogen-bond donors (Lipinski definition) is 1. The fraction of sp³-hybridized carbons (Fsp3) is 0.333. The van der Waals surface area contributed by atoms with Gasteiger partial charge in [-0.25, -0.2) is 0 Å². The number of carbonyl (C=O) groups is 2. The van der Waals surface area contributed by atoms with Gasteiger partial charge in [0.05, 0.1) is 19.0 Å². The number of aryl methyl sites for hydroxylation is 1. The molecule has 21 heavy (non-hydrogen) atoms. The number of anilines is 1. The van der Waals surface area contributed by atoms with Gasteiger partial charge in [-0.15, -0.1) is 0 Å². The molecule has 0 bridgehead atoms. The fourth-order valence-electron chi connectivity index (χ4n) is 1.46. The van der Waals surface area contributed by atoms with Crippen LogP contribution >= 0.6 is 0 Å². The molecule has 0 fully saturated rings. The van der Waals surface area contributed by atoms with Gasteiger partial charge >= 0.3 is 5.97 Å². The van der Waals surface area contributed by atoms with Crippen molar-refractivity contribution >= 4 is 17.6 Å². The Morgan fingerprint density at radius 2 is 2.29 bits per heavy atom. The summed E-state index contributed by atoms with van der Waals surface area (Å²) < 4.78 is 15.8. The third-order valence-electron chi connectivity index (χ3n) is 2.39. The monoisotopic (exact) mass is 294 g/mol. The summed E-state index contributed by atoms with van der Waals surface area (Å²) in [7, 11) is 1.29. The first kappa shape index (κ1) is 14.6. The second-order valence-corrected chi connectivity index (χ2v) is 4.12. The maximum atomic E-state index is 11.7. The summed E-state index contributed by atoms with van der Waals surface area (Å²) in [5.74, 6) is 0.0208. The molecule has 0 aliphatic rings. The highest BCUT2D eigenvalue weighted by Crippen LogP contribution is 2.10. The van der Waals surface area contributed by atoms with E-state index in [4.69, 9.17) is 9.26 Å². The summed E-state index contributed by atoms with van der Waals surface area (Å²) in [6.07, 6.45) is 2.93. The van der Waals surface area contributed by atoms with Crippen molar-refractivity contribution in [2.24, 2.45) is 0 Å². The van der Waals surface area contributed by atoms with Crippen LogP contribution in [0.4, 0.5) is 5.69 Å². The summed E-state index contributed by atoms with van der Waals surface area (Å²) in [5.41, 5.74) is 0.448. The molecule has 0 unspecified atom stereocenters. The van der Waals surface area contributed by atoms with Crippen LogP contribution in [-0.2, 0) is 20.9 Å². The first-order valence-electron chi connectivity index (χ1n) is 6.02. The van der Waals surface area contributed by atoms with Gasteiger partial charge in [-0.05, 0) is 12.1 Å². The zero-order valence-electron chi connectivity index (χ0n) is 11.5. The quantitative estimate of drug-likeness (QED) is 0.766. The molecule has 0 spiro atoms. The smallest absolute Gasteiger partial charge is 0.327 e. The Kier molecular flexibility index (Phi) is 4.54. The molecule has 2 aromatic rings. The van der Waals surface area contributed by atoms with Gasteiger partial charge in [0.15, 0.2) is 6.61 Å². The number of amides is 1. The van der Waals surface area contributed by atoms with E-state index in [1.54, 1.807) is 13.0 Å². The van der Waals surface area contributed by atoms with Crippen molar-refractivity contribution in [1.29, 1.82) is 0 Å². The Hall–Kier alpha value is -2.84. The van der Waals surface area contributed by atoms with Crippen molar-refractivity contribution in [3.8, 4) is 5.88 Å². The van der Waals surface area contributed by atoms with Gasteiger partial charge in [0, 0.05) is 12.3 Å². The number of nitrogens with one attached hydrogen (secondary N) is 1. The molecule has 2 rings (SSSR count). The van der Waals surface area contributed by atoms with Crippen LogP contribution < -0.4 is 10.1 Å². The minimum atomic E-state index is -0.430. The summed E-state index contributed by atoms with van der Waals surface area (Å²) >= 11 is 0. The Morgan fingerprint density at radius 1 is 1.48 bits per heavy atom. The molecule has 0 saturated carbocycles. The number of carbonyl (C=O) groups excluding carboxylic acids is 2. The van der Waals surface area contributed by atoms with Gasteiger partial charge < -0.3 is 19.3 Å². The third-order valence-corrected chi connectivity index (χ3v) is 2.39. The molecule has 9 nitrogen and oxygen atoms in total. The van der Waals surface area contributed by atoms with Crippen LogP contribution in [0.1, 0.15) is 5.76 Å². The van der Waals surface area contributed by atoms with Gasteiger partial charge in [-0.3, -0.25) is 14.3 Å². The Morgan fingerprint density at radius 3 is 2.95 bits per heavy atom. The van der Waals surface area contributed by atoms with Crippen LogP contribution in [0.2, 0.25) is 0 Å². The average Bonchev–Trinajstić information content (AvgIpc) is 3.05. The molecule has 0 radical (unpaired) electrons. The number of nitrogens with zero attached hydrogens (tertiary/aromatic N) is 3. The second kappa shape index (κ2) is 6.55. The van der Waals surface area contributed by atoms with Gasteiger partial charge in [0.2, 0.25) is 0 Å². The lowest BCUT2D eigenvalue weighted by molar-refractivity contribution is -0.141. The summed E-state index contributed by atoms with van der Waals surface area (Å²) in [6, 6.07) is 1.57. The van der Waals surface area contributed by atoms with E-state index in [2.05, 4.69) is 20.3 Å². The largest absolute Gasteiger partial charge is 0.468 e. The van der Waals surface area contributed by atoms with Crippen LogP contribution in [0.25, 0.3) is 0 Å². The number of ether oxygens (including phenoxy) is 2. The van der Waals surface area contributed by atoms with Gasteiger partial charge in [0.25, 0.3) is 11.8 Å². The van der Waals surface area contributed by atoms with E-state index >= 15 is 0 Å². The van der Waals surface area contributed by atoms with Crippen molar-refractivity contribution in [1.82, 2.24) is 14.9 Å². The van der Waals surface area contributed by atoms with E-state index in [1.807, 2.05) is 0 Å². The lowest BCUT2D eigenvalue weighted by Gasteiger charge is -2.02. The average molecular weight is 294 g/mol. The number of hydrogen-bond acceptors (Lipinski definition) is 7. The van der Waals surface area contributed by atoms with Crippen LogP contribution in [0.3, 0.4) is 0 Å². The molecule has 0 atom stereocenters. The van der Waals surface area contributed by atoms with E-state index in [-0.39, 0.29) is 24.9 Å². The maximum Gasteiger partial charge on any atom is 0.327 e. The van der Waals surface area contributed by atoms with Gasteiger partial charge in [-0.1, -0.05) is 0 Å². The van der Waals surface area contributed by atoms with E-state index in [0.717, 1.165) is 0 Å². The Balaban J connectivity index is 1.81. The van der Waals surface area contributed by atoms with E-state index in [0.29, 0.717) is 11.4 Å². The van der Waals surface area contributed by atoms with Gasteiger partial charge in [0.1, 0.15) is 12.3 Å². The normalized spacial score (nSPS) is 10.2. The molecular weight excluding hydrogens is 280 g/mol. The van der Waals surface area contributed by atoms with Crippen molar-refractivity contribution in [3.63, 3.8) is 0 Å². The third kappa shape index (κ3) is 4.34. The highest BCUT2D eigenvalue weighted by molar-refractivity contribution is 5.91. The number of rotatable bonds is 6. The van der Waals surface area contributed by atoms with Crippen LogP contribution in [0.15, 0.2) is 23.0 Å². The zero-order valence-corrected chi connectivity index (χ0v) is 11.5. The lowest BCUT2D eigenvalue weighted by Crippen LogP contribution is -2.20. The molecule has 9 heteroatoms. The molecule has 1 amide bonds. The molecular formula is C12H14N4O5. The summed E-state index contributed by atoms with van der Waals surface area (Å²) in [4.78, 5) is 22.7. The standard InChI is InChI=1S/C12H14N4O5/c1-8-3-11(15-21-8)20-7-10(17)14-9-4-13-16(5-9)6-12(18)19-2/h3-5H,6-7H2,1-2H3,(H,14,17). The van der Waals surface area contributed by atoms with E-state index in [1.165, 1.54) is 24.2 Å². The zero-order chi connectivity index (χ0) is 15.2. The summed E-state index contributed by atoms with van der Waals surface area (Å²) in [6.45, 7) is 1.48. The highest BCUT2D eigenvalue weighted by Gasteiger charge is 2.09. The van der Waals surface area contributed by atoms with Crippen LogP contribution in [-0.4, -0.2) is 40.5 Å². The Bertz CT molecular complexity index is 633. The predicted octanol–water partition coefficient (Wildman–Crippen LogP) is 0.370. The minimum Gasteiger partial charge on any atom is -0.468 e. The molecule has 0 aliphatic carbocycles. The topological polar surface area (TPSA) is 108 Å². The lowest BCUT2D eigenvalue weighted by atomic mass is 10.5. The van der Waals surface area contributed by atoms with E-state index < -0.39 is 5.97 Å². The minimum absolute atomic E-state index is 0.0267. The maximum absolute atomic E-state index is 11.7. The van der Waals surface area contributed by atoms with Crippen molar-refractivity contribution in [2.75, 3.05) is 19.0 Å². The molecule has 2 aromatic heterocycles. The summed E-state index contributed by atoms with van der Waals surface area (Å²) in [5, 5.41) is 10.1.